The van der Waals surface area contributed by atoms with Crippen LogP contribution < -0.4 is 5.32 Å². The maximum absolute atomic E-state index is 12.7. The van der Waals surface area contributed by atoms with Crippen LogP contribution in [0.2, 0.25) is 0 Å². The van der Waals surface area contributed by atoms with E-state index in [0.29, 0.717) is 6.07 Å². The monoisotopic (exact) mass is 321 g/mol. The van der Waals surface area contributed by atoms with Crippen molar-refractivity contribution in [3.63, 3.8) is 0 Å². The number of hydrogen-bond acceptors (Lipinski definition) is 1. The summed E-state index contributed by atoms with van der Waals surface area (Å²) in [5.41, 5.74) is -0.988. The molecule has 0 spiro atoms. The highest BCUT2D eigenvalue weighted by Crippen LogP contribution is 2.34. The summed E-state index contributed by atoms with van der Waals surface area (Å²) < 4.78 is 98.8. The SMILES string of the molecule is CC(Cc1cccc(C(F)(F)F)c1)NC(F)(F)C(F)(F)F. The molecule has 1 aromatic carbocycles. The Morgan fingerprint density at radius 1 is 1.00 bits per heavy atom. The van der Waals surface area contributed by atoms with Crippen molar-refractivity contribution in [2.45, 2.75) is 37.8 Å². The normalized spacial score (nSPS) is 15.1. The molecule has 1 nitrogen and oxygen atoms in total. The van der Waals surface area contributed by atoms with Crippen LogP contribution in [0.5, 0.6) is 0 Å². The molecule has 0 fully saturated rings. The van der Waals surface area contributed by atoms with Gasteiger partial charge in [0.1, 0.15) is 0 Å². The van der Waals surface area contributed by atoms with Gasteiger partial charge in [-0.15, -0.1) is 0 Å². The fourth-order valence-corrected chi connectivity index (χ4v) is 1.67. The molecule has 1 atom stereocenters. The van der Waals surface area contributed by atoms with E-state index in [1.54, 1.807) is 0 Å². The van der Waals surface area contributed by atoms with Gasteiger partial charge in [0, 0.05) is 6.04 Å². The smallest absolute Gasteiger partial charge is 0.247 e. The first-order valence-electron chi connectivity index (χ1n) is 5.71. The van der Waals surface area contributed by atoms with Gasteiger partial charge >= 0.3 is 18.4 Å². The minimum atomic E-state index is -5.77. The number of benzene rings is 1. The first-order chi connectivity index (χ1) is 9.33. The summed E-state index contributed by atoms with van der Waals surface area (Å²) in [6.45, 7) is 1.03. The molecule has 1 unspecified atom stereocenters. The zero-order valence-corrected chi connectivity index (χ0v) is 10.6. The average Bonchev–Trinajstić information content (AvgIpc) is 2.25. The zero-order chi connectivity index (χ0) is 16.5. The first kappa shape index (κ1) is 17.7. The van der Waals surface area contributed by atoms with Gasteiger partial charge in [0.2, 0.25) is 0 Å². The molecular weight excluding hydrogens is 310 g/mol. The summed E-state index contributed by atoms with van der Waals surface area (Å²) in [7, 11) is 0. The Balaban J connectivity index is 2.78. The minimum Gasteiger partial charge on any atom is -0.247 e. The predicted octanol–water partition coefficient (Wildman–Crippen LogP) is 4.38. The van der Waals surface area contributed by atoms with Crippen molar-refractivity contribution in [1.29, 1.82) is 0 Å². The molecule has 120 valence electrons. The summed E-state index contributed by atoms with van der Waals surface area (Å²) in [5, 5.41) is 1.06. The molecule has 0 saturated carbocycles. The second kappa shape index (κ2) is 5.78. The Morgan fingerprint density at radius 3 is 2.05 bits per heavy atom. The summed E-state index contributed by atoms with van der Waals surface area (Å²) >= 11 is 0. The number of rotatable bonds is 4. The van der Waals surface area contributed by atoms with E-state index in [0.717, 1.165) is 24.4 Å². The van der Waals surface area contributed by atoms with Crippen molar-refractivity contribution in [1.82, 2.24) is 5.32 Å². The topological polar surface area (TPSA) is 12.0 Å². The van der Waals surface area contributed by atoms with Crippen LogP contribution in [0, 0.1) is 0 Å². The molecule has 0 radical (unpaired) electrons. The molecule has 21 heavy (non-hydrogen) atoms. The van der Waals surface area contributed by atoms with E-state index in [4.69, 9.17) is 0 Å². The van der Waals surface area contributed by atoms with Crippen molar-refractivity contribution in [3.8, 4) is 0 Å². The van der Waals surface area contributed by atoms with Gasteiger partial charge in [-0.3, -0.25) is 0 Å². The number of alkyl halides is 8. The first-order valence-corrected chi connectivity index (χ1v) is 5.71. The Bertz CT molecular complexity index is 477. The Kier molecular flexibility index (Phi) is 4.87. The number of halogens is 8. The second-order valence-corrected chi connectivity index (χ2v) is 4.52. The maximum Gasteiger partial charge on any atom is 0.469 e. The van der Waals surface area contributed by atoms with Crippen LogP contribution in [0.25, 0.3) is 0 Å². The van der Waals surface area contributed by atoms with Crippen molar-refractivity contribution < 1.29 is 35.1 Å². The highest BCUT2D eigenvalue weighted by molar-refractivity contribution is 5.26. The lowest BCUT2D eigenvalue weighted by Gasteiger charge is -2.24. The van der Waals surface area contributed by atoms with Crippen molar-refractivity contribution in [2.24, 2.45) is 0 Å². The lowest BCUT2D eigenvalue weighted by molar-refractivity contribution is -0.297. The molecule has 0 bridgehead atoms. The lowest BCUT2D eigenvalue weighted by Crippen LogP contribution is -2.53. The number of nitrogens with one attached hydrogen (secondary N) is 1. The third kappa shape index (κ3) is 4.83. The zero-order valence-electron chi connectivity index (χ0n) is 10.6. The summed E-state index contributed by atoms with van der Waals surface area (Å²) in [5.74, 6) is 0. The van der Waals surface area contributed by atoms with Gasteiger partial charge in [0.25, 0.3) is 0 Å². The van der Waals surface area contributed by atoms with E-state index >= 15 is 0 Å². The van der Waals surface area contributed by atoms with Crippen LogP contribution in [0.4, 0.5) is 35.1 Å². The van der Waals surface area contributed by atoms with E-state index in [1.165, 1.54) is 6.07 Å². The molecule has 0 aromatic heterocycles. The molecular formula is C12H11F8N. The van der Waals surface area contributed by atoms with Crippen molar-refractivity contribution in [2.75, 3.05) is 0 Å². The van der Waals surface area contributed by atoms with Gasteiger partial charge < -0.3 is 0 Å². The van der Waals surface area contributed by atoms with Crippen LogP contribution in [0.3, 0.4) is 0 Å². The van der Waals surface area contributed by atoms with Crippen molar-refractivity contribution >= 4 is 0 Å². The van der Waals surface area contributed by atoms with E-state index < -0.39 is 36.4 Å². The lowest BCUT2D eigenvalue weighted by atomic mass is 10.0. The highest BCUT2D eigenvalue weighted by Gasteiger charge is 2.58. The van der Waals surface area contributed by atoms with Crippen LogP contribution >= 0.6 is 0 Å². The van der Waals surface area contributed by atoms with E-state index in [2.05, 4.69) is 0 Å². The van der Waals surface area contributed by atoms with Gasteiger partial charge in [-0.2, -0.15) is 35.1 Å². The Labute approximate surface area is 114 Å². The fraction of sp³-hybridized carbons (Fsp3) is 0.500. The standard InChI is InChI=1S/C12H11F8N/c1-7(21-12(19,20)11(16,17)18)5-8-3-2-4-9(6-8)10(13,14)15/h2-4,6-7,21H,5H2,1H3. The Morgan fingerprint density at radius 2 is 1.57 bits per heavy atom. The average molecular weight is 321 g/mol. The molecule has 0 heterocycles. The van der Waals surface area contributed by atoms with Crippen LogP contribution in [0.15, 0.2) is 24.3 Å². The van der Waals surface area contributed by atoms with Crippen LogP contribution in [-0.4, -0.2) is 18.3 Å². The number of hydrogen-bond donors (Lipinski definition) is 1. The third-order valence-corrected chi connectivity index (χ3v) is 2.58. The maximum atomic E-state index is 12.7. The van der Waals surface area contributed by atoms with Gasteiger partial charge in [-0.25, -0.2) is 5.32 Å². The quantitative estimate of drug-likeness (QED) is 0.641. The second-order valence-electron chi connectivity index (χ2n) is 4.52. The van der Waals surface area contributed by atoms with E-state index in [1.807, 2.05) is 0 Å². The molecule has 0 amide bonds. The van der Waals surface area contributed by atoms with Gasteiger partial charge in [0.05, 0.1) is 5.56 Å². The van der Waals surface area contributed by atoms with E-state index in [9.17, 15) is 35.1 Å². The fourth-order valence-electron chi connectivity index (χ4n) is 1.67. The molecule has 0 aliphatic heterocycles. The molecule has 1 N–H and O–H groups in total. The molecule has 9 heteroatoms. The largest absolute Gasteiger partial charge is 0.469 e. The predicted molar refractivity (Wildman–Crippen MR) is 58.7 cm³/mol. The minimum absolute atomic E-state index is 0.00259. The molecule has 0 aliphatic rings. The van der Waals surface area contributed by atoms with Crippen molar-refractivity contribution in [3.05, 3.63) is 35.4 Å². The molecule has 1 rings (SSSR count). The van der Waals surface area contributed by atoms with E-state index in [-0.39, 0.29) is 5.56 Å². The van der Waals surface area contributed by atoms with Crippen LogP contribution in [-0.2, 0) is 12.6 Å². The molecule has 1 aromatic rings. The summed E-state index contributed by atoms with van der Waals surface area (Å²) in [6.07, 6.45) is -10.8. The molecule has 0 aliphatic carbocycles. The van der Waals surface area contributed by atoms with Crippen LogP contribution in [0.1, 0.15) is 18.1 Å². The summed E-state index contributed by atoms with van der Waals surface area (Å²) in [6, 6.07) is -2.69. The molecule has 0 saturated heterocycles. The highest BCUT2D eigenvalue weighted by atomic mass is 19.4. The third-order valence-electron chi connectivity index (χ3n) is 2.58. The summed E-state index contributed by atoms with van der Waals surface area (Å²) in [4.78, 5) is 0. The van der Waals surface area contributed by atoms with Gasteiger partial charge in [0.15, 0.2) is 0 Å². The Hall–Kier alpha value is -1.38. The van der Waals surface area contributed by atoms with Gasteiger partial charge in [-0.1, -0.05) is 18.2 Å². The van der Waals surface area contributed by atoms with Gasteiger partial charge in [-0.05, 0) is 25.0 Å².